The quantitative estimate of drug-likeness (QED) is 0.446. The molecule has 0 aromatic rings. The third-order valence-electron chi connectivity index (χ3n) is 1.41. The average Bonchev–Trinajstić information content (AvgIpc) is 2.17. The Kier molecular flexibility index (Phi) is 6.16. The van der Waals surface area contributed by atoms with Gasteiger partial charge in [-0.25, -0.2) is 0 Å². The fourth-order valence-corrected chi connectivity index (χ4v) is 0.694. The van der Waals surface area contributed by atoms with E-state index in [1.165, 1.54) is 0 Å². The van der Waals surface area contributed by atoms with Crippen molar-refractivity contribution in [2.75, 3.05) is 0 Å². The number of nitrogens with zero attached hydrogens (tertiary/aromatic N) is 1. The molecule has 13 heavy (non-hydrogen) atoms. The van der Waals surface area contributed by atoms with E-state index < -0.39 is 0 Å². The first-order valence-corrected chi connectivity index (χ1v) is 4.06. The van der Waals surface area contributed by atoms with Gasteiger partial charge in [0.05, 0.1) is 5.70 Å². The van der Waals surface area contributed by atoms with Crippen LogP contribution in [0.15, 0.2) is 66.4 Å². The molecule has 0 radical (unpaired) electrons. The maximum absolute atomic E-state index is 4.18. The Morgan fingerprint density at radius 3 is 2.23 bits per heavy atom. The molecule has 1 nitrogen and oxygen atoms in total. The number of aliphatic imine (C=N–C) groups is 1. The molecular formula is C12H15N. The Hall–Kier alpha value is -1.63. The second-order valence-electron chi connectivity index (χ2n) is 2.28. The highest BCUT2D eigenvalue weighted by Crippen LogP contribution is 1.99. The van der Waals surface area contributed by atoms with Gasteiger partial charge >= 0.3 is 0 Å². The standard InChI is InChI=1S/C12H15N/c1-5-9-11(6-2)10-13-12(7-3)8-4/h5-10H,1-3H2,4H3/b11-9+,12-8+,13-10+. The molecule has 0 saturated heterocycles. The first-order valence-electron chi connectivity index (χ1n) is 4.06. The molecule has 0 N–H and O–H groups in total. The van der Waals surface area contributed by atoms with Gasteiger partial charge in [-0.1, -0.05) is 44.0 Å². The van der Waals surface area contributed by atoms with Crippen LogP contribution in [0.3, 0.4) is 0 Å². The van der Waals surface area contributed by atoms with Crippen LogP contribution in [-0.4, -0.2) is 6.21 Å². The normalized spacial score (nSPS) is 13.0. The van der Waals surface area contributed by atoms with Crippen LogP contribution < -0.4 is 0 Å². The van der Waals surface area contributed by atoms with E-state index >= 15 is 0 Å². The molecule has 0 atom stereocenters. The van der Waals surface area contributed by atoms with Gasteiger partial charge in [-0.3, -0.25) is 4.99 Å². The lowest BCUT2D eigenvalue weighted by molar-refractivity contribution is 1.40. The van der Waals surface area contributed by atoms with E-state index in [0.29, 0.717) is 0 Å². The molecular weight excluding hydrogens is 158 g/mol. The maximum atomic E-state index is 4.18. The van der Waals surface area contributed by atoms with Gasteiger partial charge in [0.15, 0.2) is 0 Å². The summed E-state index contributed by atoms with van der Waals surface area (Å²) in [4.78, 5) is 4.18. The molecule has 68 valence electrons. The van der Waals surface area contributed by atoms with E-state index in [0.717, 1.165) is 11.3 Å². The van der Waals surface area contributed by atoms with Crippen molar-refractivity contribution in [1.29, 1.82) is 0 Å². The number of hydrogen-bond acceptors (Lipinski definition) is 1. The van der Waals surface area contributed by atoms with Gasteiger partial charge in [-0.15, -0.1) is 0 Å². The van der Waals surface area contributed by atoms with E-state index in [9.17, 15) is 0 Å². The zero-order chi connectivity index (χ0) is 10.1. The highest BCUT2D eigenvalue weighted by Gasteiger charge is 1.84. The molecule has 0 aromatic carbocycles. The number of hydrogen-bond donors (Lipinski definition) is 0. The van der Waals surface area contributed by atoms with E-state index in [4.69, 9.17) is 0 Å². The third kappa shape index (κ3) is 4.75. The Morgan fingerprint density at radius 1 is 1.15 bits per heavy atom. The van der Waals surface area contributed by atoms with Crippen LogP contribution in [0.25, 0.3) is 0 Å². The first kappa shape index (κ1) is 11.4. The molecule has 0 aromatic heterocycles. The molecule has 0 saturated carbocycles. The second-order valence-corrected chi connectivity index (χ2v) is 2.28. The van der Waals surface area contributed by atoms with Crippen LogP contribution in [0, 0.1) is 0 Å². The van der Waals surface area contributed by atoms with Crippen LogP contribution in [-0.2, 0) is 0 Å². The summed E-state index contributed by atoms with van der Waals surface area (Å²) in [6, 6.07) is 0. The third-order valence-corrected chi connectivity index (χ3v) is 1.41. The van der Waals surface area contributed by atoms with E-state index in [-0.39, 0.29) is 0 Å². The summed E-state index contributed by atoms with van der Waals surface area (Å²) in [5, 5.41) is 0. The second kappa shape index (κ2) is 7.04. The average molecular weight is 173 g/mol. The number of rotatable bonds is 5. The fraction of sp³-hybridized carbons (Fsp3) is 0.0833. The molecule has 0 spiro atoms. The summed E-state index contributed by atoms with van der Waals surface area (Å²) >= 11 is 0. The monoisotopic (exact) mass is 173 g/mol. The molecule has 0 aliphatic heterocycles. The summed E-state index contributed by atoms with van der Waals surface area (Å²) in [5.74, 6) is 0. The Bertz CT molecular complexity index is 277. The van der Waals surface area contributed by atoms with E-state index in [2.05, 4.69) is 24.7 Å². The van der Waals surface area contributed by atoms with Gasteiger partial charge in [-0.2, -0.15) is 0 Å². The molecule has 0 aliphatic rings. The van der Waals surface area contributed by atoms with Crippen molar-refractivity contribution in [3.05, 3.63) is 61.4 Å². The Labute approximate surface area is 80.2 Å². The van der Waals surface area contributed by atoms with Gasteiger partial charge in [-0.05, 0) is 18.6 Å². The lowest BCUT2D eigenvalue weighted by Crippen LogP contribution is -1.79. The predicted octanol–water partition coefficient (Wildman–Crippen LogP) is 3.45. The zero-order valence-electron chi connectivity index (χ0n) is 8.03. The predicted molar refractivity (Wildman–Crippen MR) is 60.9 cm³/mol. The van der Waals surface area contributed by atoms with Crippen molar-refractivity contribution >= 4 is 6.21 Å². The summed E-state index contributed by atoms with van der Waals surface area (Å²) in [7, 11) is 0. The molecule has 0 amide bonds. The molecule has 0 rings (SSSR count). The minimum absolute atomic E-state index is 0.844. The van der Waals surface area contributed by atoms with Crippen molar-refractivity contribution in [3.63, 3.8) is 0 Å². The van der Waals surface area contributed by atoms with Crippen molar-refractivity contribution in [3.8, 4) is 0 Å². The minimum atomic E-state index is 0.844. The summed E-state index contributed by atoms with van der Waals surface area (Å²) < 4.78 is 0. The lowest BCUT2D eigenvalue weighted by Gasteiger charge is -1.91. The van der Waals surface area contributed by atoms with Gasteiger partial charge in [0.1, 0.15) is 0 Å². The molecule has 1 heteroatoms. The maximum Gasteiger partial charge on any atom is 0.0581 e. The van der Waals surface area contributed by atoms with Gasteiger partial charge in [0.2, 0.25) is 0 Å². The Balaban J connectivity index is 4.56. The van der Waals surface area contributed by atoms with Crippen LogP contribution >= 0.6 is 0 Å². The molecule has 0 fully saturated rings. The summed E-state index contributed by atoms with van der Waals surface area (Å²) in [6.07, 6.45) is 10.6. The first-order chi connectivity index (χ1) is 6.28. The Morgan fingerprint density at radius 2 is 1.85 bits per heavy atom. The van der Waals surface area contributed by atoms with Crippen molar-refractivity contribution < 1.29 is 0 Å². The lowest BCUT2D eigenvalue weighted by atomic mass is 10.2. The summed E-state index contributed by atoms with van der Waals surface area (Å²) in [6.45, 7) is 12.8. The van der Waals surface area contributed by atoms with Crippen molar-refractivity contribution in [1.82, 2.24) is 0 Å². The topological polar surface area (TPSA) is 12.4 Å². The van der Waals surface area contributed by atoms with Crippen molar-refractivity contribution in [2.45, 2.75) is 6.92 Å². The van der Waals surface area contributed by atoms with E-state index in [1.807, 2.05) is 19.1 Å². The fourth-order valence-electron chi connectivity index (χ4n) is 0.694. The highest BCUT2D eigenvalue weighted by molar-refractivity contribution is 5.83. The van der Waals surface area contributed by atoms with Crippen LogP contribution in [0.5, 0.6) is 0 Å². The van der Waals surface area contributed by atoms with Crippen molar-refractivity contribution in [2.24, 2.45) is 4.99 Å². The highest BCUT2D eigenvalue weighted by atomic mass is 14.7. The minimum Gasteiger partial charge on any atom is -0.257 e. The molecule has 0 bridgehead atoms. The van der Waals surface area contributed by atoms with Gasteiger partial charge < -0.3 is 0 Å². The smallest absolute Gasteiger partial charge is 0.0581 e. The van der Waals surface area contributed by atoms with Crippen LogP contribution in [0.1, 0.15) is 6.92 Å². The van der Waals surface area contributed by atoms with Crippen LogP contribution in [0.2, 0.25) is 0 Å². The SMILES string of the molecule is C=C/C=C(C=C)/C=N/C(C=C)=C/C. The van der Waals surface area contributed by atoms with Gasteiger partial charge in [0, 0.05) is 6.21 Å². The molecule has 0 unspecified atom stereocenters. The number of allylic oxidation sites excluding steroid dienone is 6. The largest absolute Gasteiger partial charge is 0.257 e. The van der Waals surface area contributed by atoms with Gasteiger partial charge in [0.25, 0.3) is 0 Å². The zero-order valence-corrected chi connectivity index (χ0v) is 8.03. The molecule has 0 aliphatic carbocycles. The summed E-state index contributed by atoms with van der Waals surface area (Å²) in [5.41, 5.74) is 1.77. The molecule has 0 heterocycles. The van der Waals surface area contributed by atoms with E-state index in [1.54, 1.807) is 24.4 Å². The van der Waals surface area contributed by atoms with Crippen LogP contribution in [0.4, 0.5) is 0 Å².